The number of terminal acetylenes is 1. The Morgan fingerprint density at radius 2 is 2.18 bits per heavy atom. The van der Waals surface area contributed by atoms with Gasteiger partial charge in [-0.05, 0) is 0 Å². The Hall–Kier alpha value is -0.420. The molecule has 0 aromatic heterocycles. The minimum Gasteiger partial charge on any atom is -0.749 e. The van der Waals surface area contributed by atoms with Crippen LogP contribution in [0.5, 0.6) is 0 Å². The lowest BCUT2D eigenvalue weighted by atomic mass is 10.5. The summed E-state index contributed by atoms with van der Waals surface area (Å²) in [4.78, 5) is 0. The summed E-state index contributed by atoms with van der Waals surface area (Å²) < 4.78 is 44.0. The molecule has 1 atom stereocenters. The van der Waals surface area contributed by atoms with Crippen LogP contribution in [0.15, 0.2) is 0 Å². The van der Waals surface area contributed by atoms with Crippen LogP contribution in [0.3, 0.4) is 0 Å². The second-order valence-corrected chi connectivity index (χ2v) is 3.96. The summed E-state index contributed by atoms with van der Waals surface area (Å²) in [6, 6.07) is 0. The summed E-state index contributed by atoms with van der Waals surface area (Å²) in [5.41, 5.74) is 0. The van der Waals surface area contributed by atoms with Gasteiger partial charge in [0, 0.05) is 6.42 Å². The van der Waals surface area contributed by atoms with Crippen LogP contribution in [0.4, 0.5) is 0 Å². The van der Waals surface area contributed by atoms with Crippen LogP contribution in [0, 0.1) is 12.3 Å². The quantitative estimate of drug-likeness (QED) is 0.433. The fraction of sp³-hybridized carbons (Fsp3) is 0.500. The maximum atomic E-state index is 10.5. The van der Waals surface area contributed by atoms with Crippen molar-refractivity contribution in [1.82, 2.24) is 0 Å². The molecular formula is C4H5O5S2-. The van der Waals surface area contributed by atoms with E-state index in [2.05, 4.69) is 3.63 Å². The summed E-state index contributed by atoms with van der Waals surface area (Å²) in [5.74, 6) is 1.55. The van der Waals surface area contributed by atoms with Crippen molar-refractivity contribution in [2.24, 2.45) is 0 Å². The highest BCUT2D eigenvalue weighted by Gasteiger charge is 2.09. The van der Waals surface area contributed by atoms with E-state index in [0.29, 0.717) is 0 Å². The highest BCUT2D eigenvalue weighted by Crippen LogP contribution is 1.96. The fourth-order valence-electron chi connectivity index (χ4n) is 0.303. The average Bonchev–Trinajstić information content (AvgIpc) is 1.81. The Morgan fingerprint density at radius 1 is 1.64 bits per heavy atom. The van der Waals surface area contributed by atoms with Crippen molar-refractivity contribution in [3.05, 3.63) is 0 Å². The molecule has 7 heteroatoms. The van der Waals surface area contributed by atoms with Gasteiger partial charge in [0.15, 0.2) is 0 Å². The second-order valence-electron chi connectivity index (χ2n) is 1.49. The van der Waals surface area contributed by atoms with Crippen molar-refractivity contribution < 1.29 is 20.8 Å². The molecule has 0 aromatic carbocycles. The topological polar surface area (TPSA) is 83.5 Å². The van der Waals surface area contributed by atoms with E-state index >= 15 is 0 Å². The predicted octanol–water partition coefficient (Wildman–Crippen LogP) is -0.850. The molecule has 0 heterocycles. The van der Waals surface area contributed by atoms with Gasteiger partial charge < -0.3 is 4.55 Å². The maximum absolute atomic E-state index is 10.5. The third-order valence-electron chi connectivity index (χ3n) is 0.656. The Labute approximate surface area is 67.4 Å². The first-order valence-corrected chi connectivity index (χ1v) is 5.01. The first-order valence-electron chi connectivity index (χ1n) is 2.43. The maximum Gasteiger partial charge on any atom is 0.280 e. The number of hydrogen-bond acceptors (Lipinski definition) is 5. The molecule has 0 spiro atoms. The SMILES string of the molecule is C#CCCS(=O)(=O)OS(=O)[O-]. The van der Waals surface area contributed by atoms with Crippen molar-refractivity contribution in [3.8, 4) is 12.3 Å². The Balaban J connectivity index is 4.05. The number of hydrogen-bond donors (Lipinski definition) is 0. The molecule has 1 unspecified atom stereocenters. The molecule has 5 nitrogen and oxygen atoms in total. The Bertz CT molecular complexity index is 271. The molecule has 0 amide bonds. The van der Waals surface area contributed by atoms with Gasteiger partial charge in [0.1, 0.15) is 11.4 Å². The highest BCUT2D eigenvalue weighted by molar-refractivity contribution is 7.95. The Morgan fingerprint density at radius 3 is 2.55 bits per heavy atom. The van der Waals surface area contributed by atoms with Crippen LogP contribution in [0.2, 0.25) is 0 Å². The number of rotatable bonds is 4. The zero-order valence-corrected chi connectivity index (χ0v) is 6.98. The minimum atomic E-state index is -4.00. The van der Waals surface area contributed by atoms with Gasteiger partial charge in [-0.25, -0.2) is 4.21 Å². The first-order chi connectivity index (χ1) is 4.98. The second kappa shape index (κ2) is 4.46. The molecule has 0 aliphatic heterocycles. The van der Waals surface area contributed by atoms with Crippen molar-refractivity contribution in [2.45, 2.75) is 6.42 Å². The molecule has 0 aliphatic rings. The third-order valence-corrected chi connectivity index (χ3v) is 2.63. The van der Waals surface area contributed by atoms with Crippen LogP contribution in [0.1, 0.15) is 6.42 Å². The van der Waals surface area contributed by atoms with Crippen molar-refractivity contribution in [2.75, 3.05) is 5.75 Å². The Kier molecular flexibility index (Phi) is 4.29. The van der Waals surface area contributed by atoms with Crippen molar-refractivity contribution in [1.29, 1.82) is 0 Å². The molecular weight excluding hydrogens is 192 g/mol. The van der Waals surface area contributed by atoms with E-state index in [1.165, 1.54) is 0 Å². The van der Waals surface area contributed by atoms with Gasteiger partial charge >= 0.3 is 0 Å². The highest BCUT2D eigenvalue weighted by atomic mass is 32.3. The van der Waals surface area contributed by atoms with Crippen LogP contribution in [0.25, 0.3) is 0 Å². The van der Waals surface area contributed by atoms with Crippen LogP contribution < -0.4 is 0 Å². The standard InChI is InChI=1S/C4H6O5S2/c1-2-3-4-11(7,8)9-10(5)6/h1H,3-4H2,(H,5,6)/p-1. The largest absolute Gasteiger partial charge is 0.749 e. The molecule has 0 bridgehead atoms. The molecule has 11 heavy (non-hydrogen) atoms. The molecule has 0 N–H and O–H groups in total. The van der Waals surface area contributed by atoms with Gasteiger partial charge in [0.25, 0.3) is 10.1 Å². The van der Waals surface area contributed by atoms with Crippen molar-refractivity contribution >= 4 is 21.5 Å². The smallest absolute Gasteiger partial charge is 0.280 e. The van der Waals surface area contributed by atoms with Crippen LogP contribution in [-0.2, 0) is 25.1 Å². The third kappa shape index (κ3) is 6.00. The molecule has 0 radical (unpaired) electrons. The van der Waals surface area contributed by atoms with Gasteiger partial charge in [-0.15, -0.1) is 12.3 Å². The summed E-state index contributed by atoms with van der Waals surface area (Å²) in [6.45, 7) is 0. The lowest BCUT2D eigenvalue weighted by Crippen LogP contribution is -2.11. The molecule has 0 saturated carbocycles. The van der Waals surface area contributed by atoms with E-state index in [9.17, 15) is 17.2 Å². The molecule has 0 aliphatic carbocycles. The van der Waals surface area contributed by atoms with E-state index in [1.54, 1.807) is 0 Å². The summed E-state index contributed by atoms with van der Waals surface area (Å²) in [6.07, 6.45) is 4.67. The van der Waals surface area contributed by atoms with Gasteiger partial charge in [-0.3, -0.25) is 0 Å². The average molecular weight is 197 g/mol. The van der Waals surface area contributed by atoms with Crippen molar-refractivity contribution in [3.63, 3.8) is 0 Å². The van der Waals surface area contributed by atoms with Gasteiger partial charge in [-0.2, -0.15) is 12.0 Å². The van der Waals surface area contributed by atoms with E-state index in [0.717, 1.165) is 0 Å². The molecule has 0 fully saturated rings. The zero-order valence-electron chi connectivity index (χ0n) is 5.35. The van der Waals surface area contributed by atoms with Gasteiger partial charge in [0.2, 0.25) is 0 Å². The zero-order chi connectivity index (χ0) is 8.91. The van der Waals surface area contributed by atoms with Crippen LogP contribution >= 0.6 is 0 Å². The molecule has 64 valence electrons. The van der Waals surface area contributed by atoms with E-state index in [1.807, 2.05) is 5.92 Å². The van der Waals surface area contributed by atoms with Gasteiger partial charge in [0.05, 0.1) is 5.75 Å². The summed E-state index contributed by atoms with van der Waals surface area (Å²) in [5, 5.41) is 0. The monoisotopic (exact) mass is 197 g/mol. The van der Waals surface area contributed by atoms with E-state index in [4.69, 9.17) is 6.42 Å². The summed E-state index contributed by atoms with van der Waals surface area (Å²) in [7, 11) is -4.00. The molecule has 0 rings (SSSR count). The first kappa shape index (κ1) is 10.6. The minimum absolute atomic E-state index is 0.0699. The van der Waals surface area contributed by atoms with Gasteiger partial charge in [-0.1, -0.05) is 0 Å². The summed E-state index contributed by atoms with van der Waals surface area (Å²) >= 11 is -3.05. The van der Waals surface area contributed by atoms with E-state index < -0.39 is 27.2 Å². The fourth-order valence-corrected chi connectivity index (χ4v) is 1.62. The van der Waals surface area contributed by atoms with E-state index in [-0.39, 0.29) is 6.42 Å². The normalized spacial score (nSPS) is 13.8. The molecule has 0 aromatic rings. The van der Waals surface area contributed by atoms with Crippen LogP contribution in [-0.4, -0.2) is 22.9 Å². The molecule has 0 saturated heterocycles. The lowest BCUT2D eigenvalue weighted by molar-refractivity contribution is 0.429. The predicted molar refractivity (Wildman–Crippen MR) is 37.2 cm³/mol. The lowest BCUT2D eigenvalue weighted by Gasteiger charge is -2.03.